The average molecular weight is 1030 g/mol. The quantitative estimate of drug-likeness (QED) is 0.0195. The highest BCUT2D eigenvalue weighted by atomic mass is 31.2. The summed E-state index contributed by atoms with van der Waals surface area (Å²) in [5, 5.41) is 0. The zero-order valence-electron chi connectivity index (χ0n) is 47.9. The third kappa shape index (κ3) is 57.3. The lowest BCUT2D eigenvalue weighted by molar-refractivity contribution is -0.870. The van der Waals surface area contributed by atoms with Crippen LogP contribution in [0.2, 0.25) is 0 Å². The number of quaternary nitrogens is 1. The zero-order valence-corrected chi connectivity index (χ0v) is 48.8. The van der Waals surface area contributed by atoms with Gasteiger partial charge in [0.25, 0.3) is 7.82 Å². The maximum Gasteiger partial charge on any atom is 0.306 e. The van der Waals surface area contributed by atoms with E-state index < -0.39 is 26.5 Å². The number of carbonyl (C=O) groups is 2. The molecule has 2 atom stereocenters. The predicted octanol–water partition coefficient (Wildman–Crippen LogP) is 18.3. The van der Waals surface area contributed by atoms with Gasteiger partial charge in [0, 0.05) is 12.8 Å². The van der Waals surface area contributed by atoms with Crippen molar-refractivity contribution in [2.24, 2.45) is 0 Å². The lowest BCUT2D eigenvalue weighted by atomic mass is 10.0. The van der Waals surface area contributed by atoms with Crippen molar-refractivity contribution in [3.63, 3.8) is 0 Å². The van der Waals surface area contributed by atoms with E-state index in [1.807, 2.05) is 21.1 Å². The van der Waals surface area contributed by atoms with Crippen LogP contribution in [0.4, 0.5) is 0 Å². The number of phosphoric acid groups is 1. The van der Waals surface area contributed by atoms with Gasteiger partial charge in [-0.3, -0.25) is 14.2 Å². The second-order valence-electron chi connectivity index (χ2n) is 21.7. The largest absolute Gasteiger partial charge is 0.756 e. The van der Waals surface area contributed by atoms with Gasteiger partial charge in [-0.05, 0) is 77.0 Å². The molecule has 0 radical (unpaired) electrons. The number of likely N-dealkylation sites (N-methyl/N-ethyl adjacent to an activating group) is 1. The number of phosphoric ester groups is 1. The van der Waals surface area contributed by atoms with E-state index in [9.17, 15) is 19.0 Å². The number of allylic oxidation sites excluding steroid dienone is 8. The van der Waals surface area contributed by atoms with Crippen LogP contribution in [0.1, 0.15) is 284 Å². The monoisotopic (exact) mass is 1030 g/mol. The number of rotatable bonds is 56. The van der Waals surface area contributed by atoms with Gasteiger partial charge in [0.2, 0.25) is 0 Å². The molecule has 10 heteroatoms. The summed E-state index contributed by atoms with van der Waals surface area (Å²) >= 11 is 0. The van der Waals surface area contributed by atoms with Crippen LogP contribution in [0.3, 0.4) is 0 Å². The summed E-state index contributed by atoms with van der Waals surface area (Å²) in [6, 6.07) is 0. The zero-order chi connectivity index (χ0) is 52.7. The van der Waals surface area contributed by atoms with Gasteiger partial charge in [-0.2, -0.15) is 0 Å². The van der Waals surface area contributed by atoms with Crippen LogP contribution in [0.25, 0.3) is 0 Å². The van der Waals surface area contributed by atoms with Gasteiger partial charge in [0.15, 0.2) is 6.10 Å². The van der Waals surface area contributed by atoms with Crippen LogP contribution in [0.5, 0.6) is 0 Å². The number of hydrogen-bond acceptors (Lipinski definition) is 8. The van der Waals surface area contributed by atoms with Crippen molar-refractivity contribution in [1.82, 2.24) is 0 Å². The number of carbonyl (C=O) groups excluding carboxylic acids is 2. The average Bonchev–Trinajstić information content (AvgIpc) is 3.34. The Hall–Kier alpha value is -2.03. The molecule has 2 unspecified atom stereocenters. The molecule has 0 saturated heterocycles. The van der Waals surface area contributed by atoms with Crippen molar-refractivity contribution >= 4 is 19.8 Å². The Kier molecular flexibility index (Phi) is 52.3. The molecular formula is C62H116NO8P. The molecule has 0 rings (SSSR count). The summed E-state index contributed by atoms with van der Waals surface area (Å²) < 4.78 is 34.2. The lowest BCUT2D eigenvalue weighted by Crippen LogP contribution is -2.37. The van der Waals surface area contributed by atoms with Crippen LogP contribution in [0.15, 0.2) is 48.6 Å². The Morgan fingerprint density at radius 3 is 1.12 bits per heavy atom. The normalized spacial score (nSPS) is 13.6. The highest BCUT2D eigenvalue weighted by Gasteiger charge is 2.22. The molecule has 0 aliphatic heterocycles. The van der Waals surface area contributed by atoms with Crippen LogP contribution in [-0.2, 0) is 32.7 Å². The molecule has 0 aromatic carbocycles. The minimum Gasteiger partial charge on any atom is -0.756 e. The van der Waals surface area contributed by atoms with Gasteiger partial charge in [-0.1, -0.05) is 242 Å². The first kappa shape index (κ1) is 70.0. The molecule has 0 N–H and O–H groups in total. The summed E-state index contributed by atoms with van der Waals surface area (Å²) in [4.78, 5) is 37.9. The Bertz CT molecular complexity index is 1360. The molecule has 9 nitrogen and oxygen atoms in total. The third-order valence-corrected chi connectivity index (χ3v) is 14.3. The van der Waals surface area contributed by atoms with Gasteiger partial charge in [0.05, 0.1) is 27.7 Å². The van der Waals surface area contributed by atoms with E-state index in [0.29, 0.717) is 17.4 Å². The molecule has 422 valence electrons. The van der Waals surface area contributed by atoms with Crippen LogP contribution in [0, 0.1) is 0 Å². The molecular weight excluding hydrogens is 918 g/mol. The fourth-order valence-electron chi connectivity index (χ4n) is 8.60. The van der Waals surface area contributed by atoms with Crippen LogP contribution < -0.4 is 4.89 Å². The number of esters is 2. The number of nitrogens with zero attached hydrogens (tertiary/aromatic N) is 1. The molecule has 0 saturated carbocycles. The van der Waals surface area contributed by atoms with E-state index >= 15 is 0 Å². The minimum atomic E-state index is -4.64. The molecule has 0 amide bonds. The molecule has 0 aliphatic carbocycles. The molecule has 0 bridgehead atoms. The van der Waals surface area contributed by atoms with E-state index in [0.717, 1.165) is 64.2 Å². The number of hydrogen-bond donors (Lipinski definition) is 0. The number of unbranched alkanes of at least 4 members (excludes halogenated alkanes) is 34. The SMILES string of the molecule is CCCCCCC/C=C\C/C=C\C/C=C\CCCCCCCCCCCCCCCCCCC(=O)OC(COC(=O)CCCCCCCCC/C=C\CCCCCCCC)COP(=O)([O-])OCC[N+](C)(C)C. The smallest absolute Gasteiger partial charge is 0.306 e. The summed E-state index contributed by atoms with van der Waals surface area (Å²) in [6.07, 6.45) is 67.3. The van der Waals surface area contributed by atoms with Gasteiger partial charge in [0.1, 0.15) is 19.8 Å². The van der Waals surface area contributed by atoms with E-state index in [1.165, 1.54) is 186 Å². The second kappa shape index (κ2) is 53.8. The Morgan fingerprint density at radius 2 is 0.750 bits per heavy atom. The fourth-order valence-corrected chi connectivity index (χ4v) is 9.33. The van der Waals surface area contributed by atoms with Crippen molar-refractivity contribution in [3.05, 3.63) is 48.6 Å². The topological polar surface area (TPSA) is 111 Å². The van der Waals surface area contributed by atoms with Crippen molar-refractivity contribution in [2.45, 2.75) is 290 Å². The van der Waals surface area contributed by atoms with Gasteiger partial charge in [-0.15, -0.1) is 0 Å². The highest BCUT2D eigenvalue weighted by Crippen LogP contribution is 2.38. The Morgan fingerprint density at radius 1 is 0.431 bits per heavy atom. The first-order valence-electron chi connectivity index (χ1n) is 30.3. The van der Waals surface area contributed by atoms with Crippen molar-refractivity contribution in [1.29, 1.82) is 0 Å². The van der Waals surface area contributed by atoms with E-state index in [2.05, 4.69) is 62.5 Å². The van der Waals surface area contributed by atoms with Gasteiger partial charge >= 0.3 is 11.9 Å². The first-order chi connectivity index (χ1) is 35.0. The third-order valence-electron chi connectivity index (χ3n) is 13.3. The van der Waals surface area contributed by atoms with E-state index in [1.54, 1.807) is 0 Å². The van der Waals surface area contributed by atoms with Gasteiger partial charge in [-0.25, -0.2) is 0 Å². The molecule has 0 aromatic rings. The van der Waals surface area contributed by atoms with Crippen molar-refractivity contribution in [2.75, 3.05) is 47.5 Å². The summed E-state index contributed by atoms with van der Waals surface area (Å²) in [5.41, 5.74) is 0. The number of ether oxygens (including phenoxy) is 2. The fraction of sp³-hybridized carbons (Fsp3) is 0.839. The van der Waals surface area contributed by atoms with Crippen molar-refractivity contribution < 1.29 is 42.1 Å². The molecule has 0 aliphatic rings. The second-order valence-corrected chi connectivity index (χ2v) is 23.1. The summed E-state index contributed by atoms with van der Waals surface area (Å²) in [5.74, 6) is -0.828. The highest BCUT2D eigenvalue weighted by molar-refractivity contribution is 7.45. The predicted molar refractivity (Wildman–Crippen MR) is 305 cm³/mol. The Labute approximate surface area is 445 Å². The molecule has 0 fully saturated rings. The Balaban J connectivity index is 4.07. The van der Waals surface area contributed by atoms with Crippen LogP contribution >= 0.6 is 7.82 Å². The molecule has 0 heterocycles. The molecule has 0 spiro atoms. The maximum atomic E-state index is 12.8. The van der Waals surface area contributed by atoms with Crippen LogP contribution in [-0.4, -0.2) is 70.0 Å². The van der Waals surface area contributed by atoms with E-state index in [4.69, 9.17) is 18.5 Å². The first-order valence-corrected chi connectivity index (χ1v) is 31.8. The standard InChI is InChI=1S/C62H116NO8P/c1-6-8-10-12-14-16-18-20-22-24-25-26-27-28-29-30-31-32-33-34-35-36-37-39-41-43-45-47-49-51-53-55-62(65)71-60(59-70-72(66,67)69-57-56-63(3,4)5)58-68-61(64)54-52-50-48-46-44-42-40-38-23-21-19-17-15-13-11-9-7-2/h18,20-21,23-25,27-28,60H,6-17,19,22,26,29-59H2,1-5H3/b20-18-,23-21-,25-24-,28-27-. The molecule has 72 heavy (non-hydrogen) atoms. The summed E-state index contributed by atoms with van der Waals surface area (Å²) in [7, 11) is 1.17. The van der Waals surface area contributed by atoms with Crippen molar-refractivity contribution in [3.8, 4) is 0 Å². The lowest BCUT2D eigenvalue weighted by Gasteiger charge is -2.28. The van der Waals surface area contributed by atoms with Gasteiger partial charge < -0.3 is 27.9 Å². The van der Waals surface area contributed by atoms with E-state index in [-0.39, 0.29) is 32.0 Å². The molecule has 0 aromatic heterocycles. The summed E-state index contributed by atoms with van der Waals surface area (Å²) in [6.45, 7) is 4.25. The minimum absolute atomic E-state index is 0.0310. The maximum absolute atomic E-state index is 12.8.